The monoisotopic (exact) mass is 312 g/mol. The molecule has 0 spiro atoms. The lowest BCUT2D eigenvalue weighted by Gasteiger charge is -2.32. The largest absolute Gasteiger partial charge is 0.373 e. The molecule has 3 atom stereocenters. The molecule has 1 amide bonds. The maximum atomic E-state index is 11.7. The minimum Gasteiger partial charge on any atom is -0.373 e. The first kappa shape index (κ1) is 18.0. The number of hydrogen-bond acceptors (Lipinski definition) is 3. The molecule has 4 nitrogen and oxygen atoms in total. The van der Waals surface area contributed by atoms with Crippen LogP contribution in [0.25, 0.3) is 0 Å². The topological polar surface area (TPSA) is 64.4 Å². The molecule has 1 fully saturated rings. The molecule has 0 aliphatic carbocycles. The lowest BCUT2D eigenvalue weighted by Crippen LogP contribution is -2.37. The van der Waals surface area contributed by atoms with E-state index >= 15 is 0 Å². The van der Waals surface area contributed by atoms with Gasteiger partial charge in [0, 0.05) is 31.5 Å². The third-order valence-electron chi connectivity index (χ3n) is 3.64. The lowest BCUT2D eigenvalue weighted by atomic mass is 9.89. The fraction of sp³-hybridized carbons (Fsp3) is 0.562. The van der Waals surface area contributed by atoms with Gasteiger partial charge in [-0.05, 0) is 25.3 Å². The van der Waals surface area contributed by atoms with Gasteiger partial charge in [-0.2, -0.15) is 0 Å². The van der Waals surface area contributed by atoms with Crippen LogP contribution in [0.2, 0.25) is 0 Å². The molecule has 1 heterocycles. The molecule has 1 saturated heterocycles. The van der Waals surface area contributed by atoms with E-state index in [9.17, 15) is 4.79 Å². The second-order valence-electron chi connectivity index (χ2n) is 5.59. The smallest absolute Gasteiger partial charge is 0.221 e. The van der Waals surface area contributed by atoms with Crippen LogP contribution in [0.3, 0.4) is 0 Å². The van der Waals surface area contributed by atoms with E-state index in [4.69, 9.17) is 10.5 Å². The van der Waals surface area contributed by atoms with Crippen molar-refractivity contribution in [1.82, 2.24) is 5.32 Å². The molecule has 1 aromatic carbocycles. The number of carbonyl (C=O) groups excluding carboxylic acids is 1. The van der Waals surface area contributed by atoms with Gasteiger partial charge in [0.15, 0.2) is 0 Å². The number of ether oxygens (including phenoxy) is 1. The van der Waals surface area contributed by atoms with Crippen LogP contribution in [-0.4, -0.2) is 25.1 Å². The Morgan fingerprint density at radius 3 is 2.81 bits per heavy atom. The Morgan fingerprint density at radius 1 is 1.43 bits per heavy atom. The van der Waals surface area contributed by atoms with Gasteiger partial charge in [0.05, 0.1) is 6.10 Å². The van der Waals surface area contributed by atoms with Crippen molar-refractivity contribution in [1.29, 1.82) is 0 Å². The molecule has 0 bridgehead atoms. The number of nitrogens with two attached hydrogens (primary N) is 1. The van der Waals surface area contributed by atoms with E-state index in [1.807, 2.05) is 25.1 Å². The van der Waals surface area contributed by atoms with Crippen LogP contribution in [0.5, 0.6) is 0 Å². The van der Waals surface area contributed by atoms with E-state index in [2.05, 4.69) is 17.4 Å². The summed E-state index contributed by atoms with van der Waals surface area (Å²) in [7, 11) is 0. The first-order valence-electron chi connectivity index (χ1n) is 7.35. The van der Waals surface area contributed by atoms with Gasteiger partial charge in [-0.25, -0.2) is 0 Å². The Labute approximate surface area is 132 Å². The summed E-state index contributed by atoms with van der Waals surface area (Å²) < 4.78 is 5.91. The van der Waals surface area contributed by atoms with Gasteiger partial charge < -0.3 is 15.8 Å². The first-order chi connectivity index (χ1) is 9.66. The summed E-state index contributed by atoms with van der Waals surface area (Å²) in [5, 5.41) is 2.98. The predicted molar refractivity (Wildman–Crippen MR) is 86.4 cm³/mol. The fourth-order valence-electron chi connectivity index (χ4n) is 2.67. The van der Waals surface area contributed by atoms with Crippen molar-refractivity contribution in [2.75, 3.05) is 13.2 Å². The van der Waals surface area contributed by atoms with E-state index in [0.717, 1.165) is 19.4 Å². The summed E-state index contributed by atoms with van der Waals surface area (Å²) in [5.41, 5.74) is 6.83. The number of carbonyl (C=O) groups is 1. The second-order valence-corrected chi connectivity index (χ2v) is 5.59. The van der Waals surface area contributed by atoms with Gasteiger partial charge in [0.25, 0.3) is 0 Å². The standard InChI is InChI=1S/C16H24N2O2.ClH/c1-12(17)10-15(19)18-11-14-8-5-9-20-16(14)13-6-3-2-4-7-13;/h2-4,6-7,12,14,16H,5,8-11,17H2,1H3,(H,18,19);1H. The predicted octanol–water partition coefficient (Wildman–Crippen LogP) is 2.43. The Morgan fingerprint density at radius 2 is 2.14 bits per heavy atom. The number of amides is 1. The number of benzene rings is 1. The molecule has 118 valence electrons. The van der Waals surface area contributed by atoms with E-state index in [1.54, 1.807) is 0 Å². The van der Waals surface area contributed by atoms with Crippen LogP contribution in [0.15, 0.2) is 30.3 Å². The molecule has 0 saturated carbocycles. The van der Waals surface area contributed by atoms with Gasteiger partial charge in [0.2, 0.25) is 5.91 Å². The molecule has 0 radical (unpaired) electrons. The molecule has 21 heavy (non-hydrogen) atoms. The van der Waals surface area contributed by atoms with Crippen LogP contribution in [0.4, 0.5) is 0 Å². The van der Waals surface area contributed by atoms with Crippen molar-refractivity contribution in [3.8, 4) is 0 Å². The maximum absolute atomic E-state index is 11.7. The lowest BCUT2D eigenvalue weighted by molar-refractivity contribution is -0.122. The minimum absolute atomic E-state index is 0. The summed E-state index contributed by atoms with van der Waals surface area (Å²) >= 11 is 0. The summed E-state index contributed by atoms with van der Waals surface area (Å²) in [4.78, 5) is 11.7. The third-order valence-corrected chi connectivity index (χ3v) is 3.64. The number of nitrogens with one attached hydrogen (secondary N) is 1. The normalized spacial score (nSPS) is 23.0. The van der Waals surface area contributed by atoms with E-state index in [-0.39, 0.29) is 30.5 Å². The molecular formula is C16H25ClN2O2. The highest BCUT2D eigenvalue weighted by atomic mass is 35.5. The van der Waals surface area contributed by atoms with E-state index < -0.39 is 0 Å². The summed E-state index contributed by atoms with van der Waals surface area (Å²) in [6.45, 7) is 3.30. The molecule has 3 unspecified atom stereocenters. The highest BCUT2D eigenvalue weighted by Crippen LogP contribution is 2.32. The number of rotatable bonds is 5. The van der Waals surface area contributed by atoms with Gasteiger partial charge in [-0.15, -0.1) is 12.4 Å². The summed E-state index contributed by atoms with van der Waals surface area (Å²) in [6, 6.07) is 10.1. The van der Waals surface area contributed by atoms with Crippen molar-refractivity contribution >= 4 is 18.3 Å². The quantitative estimate of drug-likeness (QED) is 0.877. The van der Waals surface area contributed by atoms with Crippen molar-refractivity contribution < 1.29 is 9.53 Å². The van der Waals surface area contributed by atoms with Crippen LogP contribution in [0.1, 0.15) is 37.9 Å². The minimum atomic E-state index is -0.0949. The zero-order valence-corrected chi connectivity index (χ0v) is 13.3. The van der Waals surface area contributed by atoms with Gasteiger partial charge >= 0.3 is 0 Å². The molecule has 3 N–H and O–H groups in total. The molecule has 5 heteroatoms. The van der Waals surface area contributed by atoms with Crippen molar-refractivity contribution in [2.45, 2.75) is 38.3 Å². The van der Waals surface area contributed by atoms with Gasteiger partial charge in [-0.1, -0.05) is 30.3 Å². The third kappa shape index (κ3) is 5.65. The van der Waals surface area contributed by atoms with Crippen molar-refractivity contribution in [3.05, 3.63) is 35.9 Å². The number of halogens is 1. The first-order valence-corrected chi connectivity index (χ1v) is 7.35. The Kier molecular flexibility index (Phi) is 7.72. The molecule has 1 aromatic rings. The zero-order valence-electron chi connectivity index (χ0n) is 12.5. The SMILES string of the molecule is CC(N)CC(=O)NCC1CCCOC1c1ccccc1.Cl. The molecule has 2 rings (SSSR count). The highest BCUT2D eigenvalue weighted by molar-refractivity contribution is 5.85. The molecule has 1 aliphatic rings. The fourth-order valence-corrected chi connectivity index (χ4v) is 2.67. The van der Waals surface area contributed by atoms with Gasteiger partial charge in [-0.3, -0.25) is 4.79 Å². The van der Waals surface area contributed by atoms with Crippen molar-refractivity contribution in [2.24, 2.45) is 11.7 Å². The Bertz CT molecular complexity index is 426. The van der Waals surface area contributed by atoms with Crippen LogP contribution >= 0.6 is 12.4 Å². The summed E-state index contributed by atoms with van der Waals surface area (Å²) in [5.74, 6) is 0.362. The average molecular weight is 313 g/mol. The van der Waals surface area contributed by atoms with Crippen LogP contribution in [0, 0.1) is 5.92 Å². The average Bonchev–Trinajstić information content (AvgIpc) is 2.46. The number of hydrogen-bond donors (Lipinski definition) is 2. The second kappa shape index (κ2) is 9.03. The van der Waals surface area contributed by atoms with Gasteiger partial charge in [0.1, 0.15) is 0 Å². The highest BCUT2D eigenvalue weighted by Gasteiger charge is 2.27. The molecule has 1 aliphatic heterocycles. The zero-order chi connectivity index (χ0) is 14.4. The Hall–Kier alpha value is -1.10. The van der Waals surface area contributed by atoms with Crippen molar-refractivity contribution in [3.63, 3.8) is 0 Å². The van der Waals surface area contributed by atoms with Crippen LogP contribution in [-0.2, 0) is 9.53 Å². The maximum Gasteiger partial charge on any atom is 0.221 e. The van der Waals surface area contributed by atoms with Crippen LogP contribution < -0.4 is 11.1 Å². The molecular weight excluding hydrogens is 288 g/mol. The summed E-state index contributed by atoms with van der Waals surface area (Å²) in [6.07, 6.45) is 2.60. The van der Waals surface area contributed by atoms with E-state index in [1.165, 1.54) is 5.56 Å². The van der Waals surface area contributed by atoms with E-state index in [0.29, 0.717) is 18.9 Å². The Balaban J connectivity index is 0.00000220. The molecule has 0 aromatic heterocycles.